The van der Waals surface area contributed by atoms with Gasteiger partial charge in [0, 0.05) is 12.8 Å². The number of rotatable bonds is 44. The van der Waals surface area contributed by atoms with Gasteiger partial charge in [-0.05, 0) is 116 Å². The quantitative estimate of drug-likeness (QED) is 0.0375. The Hall–Kier alpha value is -4.22. The molecule has 0 amide bonds. The Balaban J connectivity index is 3.65. The van der Waals surface area contributed by atoms with E-state index in [0.717, 1.165) is 141 Å². The summed E-state index contributed by atoms with van der Waals surface area (Å²) in [6.07, 6.45) is 80.8. The molecule has 0 spiro atoms. The highest BCUT2D eigenvalue weighted by Crippen LogP contribution is 2.12. The van der Waals surface area contributed by atoms with Crippen LogP contribution in [0.3, 0.4) is 0 Å². The number of aliphatic hydroxyl groups excluding tert-OH is 1. The van der Waals surface area contributed by atoms with Gasteiger partial charge in [-0.25, -0.2) is 0 Å². The molecule has 0 bridgehead atoms. The summed E-state index contributed by atoms with van der Waals surface area (Å²) in [5.41, 5.74) is 0. The van der Waals surface area contributed by atoms with Crippen LogP contribution in [0.25, 0.3) is 0 Å². The minimum absolute atomic E-state index is 0.0889. The molecular formula is C59H92O5. The average molecular weight is 881 g/mol. The number of carbonyl (C=O) groups is 2. The molecule has 1 unspecified atom stereocenters. The third kappa shape index (κ3) is 50.4. The molecule has 0 aliphatic rings. The monoisotopic (exact) mass is 881 g/mol. The molecule has 0 aromatic rings. The van der Waals surface area contributed by atoms with Gasteiger partial charge in [-0.15, -0.1) is 0 Å². The number of hydrogen-bond donors (Lipinski definition) is 1. The highest BCUT2D eigenvalue weighted by Gasteiger charge is 2.16. The fourth-order valence-electron chi connectivity index (χ4n) is 6.38. The Morgan fingerprint density at radius 1 is 0.359 bits per heavy atom. The number of carbonyl (C=O) groups excluding carboxylic acids is 2. The summed E-state index contributed by atoms with van der Waals surface area (Å²) in [6, 6.07) is 0. The SMILES string of the molecule is CC/C=C\C/C=C\C/C=C\C/C=C\C/C=C\C/C=C\C/C=C\C/C=C\C/C=C\CCCCCCCCCC(=O)OC(CO)COC(=O)CCCCCCC/C=C\C/C=C\C/C=C\CC. The Morgan fingerprint density at radius 2 is 0.625 bits per heavy atom. The first-order chi connectivity index (χ1) is 31.6. The molecule has 358 valence electrons. The van der Waals surface area contributed by atoms with Crippen molar-refractivity contribution in [1.82, 2.24) is 0 Å². The van der Waals surface area contributed by atoms with Crippen LogP contribution >= 0.6 is 0 Å². The molecule has 0 aliphatic heterocycles. The van der Waals surface area contributed by atoms with Crippen LogP contribution < -0.4 is 0 Å². The van der Waals surface area contributed by atoms with Gasteiger partial charge in [-0.3, -0.25) is 9.59 Å². The molecule has 0 aromatic heterocycles. The van der Waals surface area contributed by atoms with Crippen molar-refractivity contribution in [2.45, 2.75) is 200 Å². The van der Waals surface area contributed by atoms with Crippen LogP contribution in [-0.4, -0.2) is 36.4 Å². The Kier molecular flexibility index (Phi) is 49.6. The molecule has 0 saturated heterocycles. The topological polar surface area (TPSA) is 72.8 Å². The zero-order valence-corrected chi connectivity index (χ0v) is 40.7. The van der Waals surface area contributed by atoms with Crippen LogP contribution in [0.5, 0.6) is 0 Å². The van der Waals surface area contributed by atoms with Gasteiger partial charge in [0.1, 0.15) is 6.61 Å². The molecule has 0 heterocycles. The maximum absolute atomic E-state index is 12.3. The molecule has 0 rings (SSSR count). The van der Waals surface area contributed by atoms with E-state index in [4.69, 9.17) is 9.47 Å². The van der Waals surface area contributed by atoms with Gasteiger partial charge in [-0.2, -0.15) is 0 Å². The summed E-state index contributed by atoms with van der Waals surface area (Å²) in [6.45, 7) is 3.87. The van der Waals surface area contributed by atoms with E-state index in [-0.39, 0.29) is 25.2 Å². The summed E-state index contributed by atoms with van der Waals surface area (Å²) in [4.78, 5) is 24.4. The molecular weight excluding hydrogens is 789 g/mol. The van der Waals surface area contributed by atoms with Crippen LogP contribution in [0.4, 0.5) is 0 Å². The Bertz CT molecular complexity index is 1410. The van der Waals surface area contributed by atoms with Gasteiger partial charge in [0.05, 0.1) is 6.61 Å². The highest BCUT2D eigenvalue weighted by atomic mass is 16.6. The third-order valence-corrected chi connectivity index (χ3v) is 10.1. The van der Waals surface area contributed by atoms with Crippen molar-refractivity contribution in [2.75, 3.05) is 13.2 Å². The number of allylic oxidation sites excluding steroid dienone is 24. The van der Waals surface area contributed by atoms with Gasteiger partial charge in [-0.1, -0.05) is 211 Å². The van der Waals surface area contributed by atoms with Crippen molar-refractivity contribution < 1.29 is 24.2 Å². The maximum Gasteiger partial charge on any atom is 0.306 e. The second-order valence-corrected chi connectivity index (χ2v) is 16.1. The number of ether oxygens (including phenoxy) is 2. The zero-order valence-electron chi connectivity index (χ0n) is 40.7. The van der Waals surface area contributed by atoms with Gasteiger partial charge < -0.3 is 14.6 Å². The van der Waals surface area contributed by atoms with E-state index in [0.29, 0.717) is 12.8 Å². The van der Waals surface area contributed by atoms with Crippen LogP contribution in [0.1, 0.15) is 194 Å². The van der Waals surface area contributed by atoms with E-state index >= 15 is 0 Å². The van der Waals surface area contributed by atoms with E-state index in [2.05, 4.69) is 160 Å². The van der Waals surface area contributed by atoms with Crippen LogP contribution in [-0.2, 0) is 19.1 Å². The number of hydrogen-bond acceptors (Lipinski definition) is 5. The lowest BCUT2D eigenvalue weighted by atomic mass is 10.1. The number of unbranched alkanes of at least 4 members (excludes halogenated alkanes) is 12. The number of esters is 2. The molecule has 5 heteroatoms. The predicted octanol–water partition coefficient (Wildman–Crippen LogP) is 17.1. The van der Waals surface area contributed by atoms with Crippen molar-refractivity contribution in [1.29, 1.82) is 0 Å². The van der Waals surface area contributed by atoms with Crippen molar-refractivity contribution in [2.24, 2.45) is 0 Å². The molecule has 0 aliphatic carbocycles. The minimum atomic E-state index is -0.796. The lowest BCUT2D eigenvalue weighted by Crippen LogP contribution is -2.28. The molecule has 0 saturated carbocycles. The molecule has 1 N–H and O–H groups in total. The molecule has 0 fully saturated rings. The predicted molar refractivity (Wildman–Crippen MR) is 278 cm³/mol. The van der Waals surface area contributed by atoms with E-state index in [1.54, 1.807) is 0 Å². The minimum Gasteiger partial charge on any atom is -0.462 e. The summed E-state index contributed by atoms with van der Waals surface area (Å²) >= 11 is 0. The van der Waals surface area contributed by atoms with Crippen molar-refractivity contribution in [3.05, 3.63) is 146 Å². The standard InChI is InChI=1S/C59H92O5/c1-3-5-7-9-11-13-15-17-19-20-21-22-23-24-25-26-27-28-29-30-31-32-33-34-35-36-37-38-40-42-44-46-48-50-52-54-59(62)64-57(55-60)56-63-58(61)53-51-49-47-45-43-41-39-18-16-14-12-10-8-6-4-2/h5-8,11-14,17-19,21-22,24-25,27-28,30-31,33-34,36-37,39,57,60H,3-4,9-10,15-16,20,23,26,29,32,35,38,40-56H2,1-2H3/b7-5-,8-6-,13-11-,14-12-,19-17-,22-21-,25-24-,28-27-,31-30-,34-33-,37-36-,39-18-. The van der Waals surface area contributed by atoms with E-state index in [1.807, 2.05) is 0 Å². The van der Waals surface area contributed by atoms with Gasteiger partial charge in [0.25, 0.3) is 0 Å². The lowest BCUT2D eigenvalue weighted by Gasteiger charge is -2.15. The van der Waals surface area contributed by atoms with Gasteiger partial charge >= 0.3 is 11.9 Å². The first-order valence-corrected chi connectivity index (χ1v) is 25.4. The van der Waals surface area contributed by atoms with Crippen LogP contribution in [0.2, 0.25) is 0 Å². The largest absolute Gasteiger partial charge is 0.462 e. The van der Waals surface area contributed by atoms with E-state index in [9.17, 15) is 14.7 Å². The second-order valence-electron chi connectivity index (χ2n) is 16.1. The average Bonchev–Trinajstić information content (AvgIpc) is 3.30. The molecule has 1 atom stereocenters. The van der Waals surface area contributed by atoms with Crippen molar-refractivity contribution in [3.63, 3.8) is 0 Å². The smallest absolute Gasteiger partial charge is 0.306 e. The molecule has 0 aromatic carbocycles. The number of aliphatic hydroxyl groups is 1. The summed E-state index contributed by atoms with van der Waals surface area (Å²) < 4.78 is 10.6. The third-order valence-electron chi connectivity index (χ3n) is 10.1. The lowest BCUT2D eigenvalue weighted by molar-refractivity contribution is -0.161. The van der Waals surface area contributed by atoms with Gasteiger partial charge in [0.2, 0.25) is 0 Å². The first kappa shape index (κ1) is 59.8. The maximum atomic E-state index is 12.3. The Labute approximate surface area is 393 Å². The second kappa shape index (κ2) is 53.1. The Morgan fingerprint density at radius 3 is 0.938 bits per heavy atom. The fraction of sp³-hybridized carbons (Fsp3) is 0.559. The summed E-state index contributed by atoms with van der Waals surface area (Å²) in [5.74, 6) is -0.636. The zero-order chi connectivity index (χ0) is 46.3. The van der Waals surface area contributed by atoms with Crippen LogP contribution in [0, 0.1) is 0 Å². The van der Waals surface area contributed by atoms with Gasteiger partial charge in [0.15, 0.2) is 6.10 Å². The van der Waals surface area contributed by atoms with E-state index < -0.39 is 6.10 Å². The van der Waals surface area contributed by atoms with Crippen molar-refractivity contribution in [3.8, 4) is 0 Å². The fourth-order valence-corrected chi connectivity index (χ4v) is 6.38. The van der Waals surface area contributed by atoms with Crippen molar-refractivity contribution >= 4 is 11.9 Å². The molecule has 0 radical (unpaired) electrons. The molecule has 5 nitrogen and oxygen atoms in total. The first-order valence-electron chi connectivity index (χ1n) is 25.4. The highest BCUT2D eigenvalue weighted by molar-refractivity contribution is 5.70. The normalized spacial score (nSPS) is 13.5. The molecule has 64 heavy (non-hydrogen) atoms. The summed E-state index contributed by atoms with van der Waals surface area (Å²) in [7, 11) is 0. The van der Waals surface area contributed by atoms with Crippen LogP contribution in [0.15, 0.2) is 146 Å². The summed E-state index contributed by atoms with van der Waals surface area (Å²) in [5, 5.41) is 9.61. The van der Waals surface area contributed by atoms with E-state index in [1.165, 1.54) is 25.7 Å².